The van der Waals surface area contributed by atoms with Crippen molar-refractivity contribution in [2.24, 2.45) is 5.92 Å². The molecule has 0 aliphatic carbocycles. The van der Waals surface area contributed by atoms with E-state index in [0.29, 0.717) is 5.92 Å². The summed E-state index contributed by atoms with van der Waals surface area (Å²) in [6.07, 6.45) is 2.77. The molecule has 0 aliphatic heterocycles. The van der Waals surface area contributed by atoms with Gasteiger partial charge < -0.3 is 5.32 Å². The smallest absolute Gasteiger partial charge is 0.236 e. The van der Waals surface area contributed by atoms with Gasteiger partial charge in [0.15, 0.2) is 0 Å². The maximum absolute atomic E-state index is 11.9. The van der Waals surface area contributed by atoms with Crippen molar-refractivity contribution in [2.75, 3.05) is 6.54 Å². The molecule has 1 aromatic heterocycles. The predicted octanol–water partition coefficient (Wildman–Crippen LogP) is 2.28. The zero-order valence-corrected chi connectivity index (χ0v) is 12.3. The summed E-state index contributed by atoms with van der Waals surface area (Å²) in [7, 11) is 0. The molecule has 1 aromatic rings. The van der Waals surface area contributed by atoms with Crippen molar-refractivity contribution in [3.63, 3.8) is 0 Å². The summed E-state index contributed by atoms with van der Waals surface area (Å²) >= 11 is 0. The fourth-order valence-corrected chi connectivity index (χ4v) is 1.81. The minimum absolute atomic E-state index is 0.0448. The highest BCUT2D eigenvalue weighted by molar-refractivity contribution is 5.81. The lowest BCUT2D eigenvalue weighted by molar-refractivity contribution is -0.122. The van der Waals surface area contributed by atoms with Crippen LogP contribution in [0.3, 0.4) is 0 Å². The summed E-state index contributed by atoms with van der Waals surface area (Å²) in [5.74, 6) is 0.652. The molecule has 19 heavy (non-hydrogen) atoms. The number of hydrogen-bond acceptors (Lipinski definition) is 3. The highest BCUT2D eigenvalue weighted by atomic mass is 16.2. The minimum Gasteiger partial charge on any atom is -0.355 e. The minimum atomic E-state index is -0.218. The average Bonchev–Trinajstić information content (AvgIpc) is 2.39. The Morgan fingerprint density at radius 3 is 2.58 bits per heavy atom. The molecule has 0 saturated heterocycles. The van der Waals surface area contributed by atoms with Crippen molar-refractivity contribution in [1.82, 2.24) is 15.6 Å². The summed E-state index contributed by atoms with van der Waals surface area (Å²) in [6.45, 7) is 8.93. The van der Waals surface area contributed by atoms with Gasteiger partial charge in [0.25, 0.3) is 0 Å². The number of pyridine rings is 1. The molecule has 0 aliphatic rings. The van der Waals surface area contributed by atoms with Crippen LogP contribution in [-0.2, 0) is 4.79 Å². The molecule has 1 heterocycles. The normalized spacial score (nSPS) is 14.2. The summed E-state index contributed by atoms with van der Waals surface area (Å²) in [5.41, 5.74) is 0.948. The van der Waals surface area contributed by atoms with Gasteiger partial charge >= 0.3 is 0 Å². The molecule has 0 saturated carbocycles. The lowest BCUT2D eigenvalue weighted by atomic mass is 10.1. The standard InChI is InChI=1S/C15H25N3O/c1-11(2)8-10-17-15(19)13(4)18-12(3)14-7-5-6-9-16-14/h5-7,9,11-13,18H,8,10H2,1-4H3,(H,17,19)/t12-,13?/m1/s1. The topological polar surface area (TPSA) is 54.0 Å². The second-order valence-corrected chi connectivity index (χ2v) is 5.34. The summed E-state index contributed by atoms with van der Waals surface area (Å²) < 4.78 is 0. The van der Waals surface area contributed by atoms with Crippen LogP contribution in [0.2, 0.25) is 0 Å². The highest BCUT2D eigenvalue weighted by Crippen LogP contribution is 2.08. The lowest BCUT2D eigenvalue weighted by Gasteiger charge is -2.19. The van der Waals surface area contributed by atoms with Gasteiger partial charge in [0.2, 0.25) is 5.91 Å². The van der Waals surface area contributed by atoms with Crippen molar-refractivity contribution in [2.45, 2.75) is 46.2 Å². The van der Waals surface area contributed by atoms with Crippen LogP contribution in [0.4, 0.5) is 0 Å². The summed E-state index contributed by atoms with van der Waals surface area (Å²) in [6, 6.07) is 5.64. The first-order valence-corrected chi connectivity index (χ1v) is 6.95. The quantitative estimate of drug-likeness (QED) is 0.793. The number of carbonyl (C=O) groups excluding carboxylic acids is 1. The fraction of sp³-hybridized carbons (Fsp3) is 0.600. The van der Waals surface area contributed by atoms with Crippen molar-refractivity contribution in [3.8, 4) is 0 Å². The Kier molecular flexibility index (Phi) is 6.50. The molecule has 1 rings (SSSR count). The zero-order valence-electron chi connectivity index (χ0n) is 12.3. The molecule has 0 fully saturated rings. The Labute approximate surface area is 116 Å². The van der Waals surface area contributed by atoms with Gasteiger partial charge in [0.1, 0.15) is 0 Å². The van der Waals surface area contributed by atoms with Crippen LogP contribution in [0.1, 0.15) is 45.9 Å². The van der Waals surface area contributed by atoms with Crippen LogP contribution in [0, 0.1) is 5.92 Å². The SMILES string of the molecule is CC(C)CCNC(=O)C(C)N[C@H](C)c1ccccn1. The number of nitrogens with zero attached hydrogens (tertiary/aromatic N) is 1. The van der Waals surface area contributed by atoms with E-state index >= 15 is 0 Å². The number of carbonyl (C=O) groups is 1. The van der Waals surface area contributed by atoms with Gasteiger partial charge in [-0.1, -0.05) is 19.9 Å². The maximum atomic E-state index is 11.9. The number of nitrogens with one attached hydrogen (secondary N) is 2. The third kappa shape index (κ3) is 5.83. The lowest BCUT2D eigenvalue weighted by Crippen LogP contribution is -2.43. The van der Waals surface area contributed by atoms with Crippen LogP contribution >= 0.6 is 0 Å². The van der Waals surface area contributed by atoms with E-state index < -0.39 is 0 Å². The van der Waals surface area contributed by atoms with Crippen LogP contribution in [0.5, 0.6) is 0 Å². The first kappa shape index (κ1) is 15.6. The van der Waals surface area contributed by atoms with Crippen LogP contribution < -0.4 is 10.6 Å². The number of aromatic nitrogens is 1. The Hall–Kier alpha value is -1.42. The molecule has 0 radical (unpaired) electrons. The van der Waals surface area contributed by atoms with E-state index in [1.807, 2.05) is 32.0 Å². The average molecular weight is 263 g/mol. The monoisotopic (exact) mass is 263 g/mol. The molecule has 0 bridgehead atoms. The molecule has 4 heteroatoms. The third-order valence-electron chi connectivity index (χ3n) is 3.05. The number of amides is 1. The zero-order chi connectivity index (χ0) is 14.3. The van der Waals surface area contributed by atoms with E-state index in [4.69, 9.17) is 0 Å². The van der Waals surface area contributed by atoms with Gasteiger partial charge in [0, 0.05) is 18.8 Å². The first-order valence-electron chi connectivity index (χ1n) is 6.95. The van der Waals surface area contributed by atoms with Gasteiger partial charge in [-0.25, -0.2) is 0 Å². The predicted molar refractivity (Wildman–Crippen MR) is 77.7 cm³/mol. The Morgan fingerprint density at radius 2 is 2.00 bits per heavy atom. The molecular weight excluding hydrogens is 238 g/mol. The Bertz CT molecular complexity index is 378. The van der Waals surface area contributed by atoms with Gasteiger partial charge in [0.05, 0.1) is 11.7 Å². The fourth-order valence-electron chi connectivity index (χ4n) is 1.81. The van der Waals surface area contributed by atoms with E-state index in [1.165, 1.54) is 0 Å². The van der Waals surface area contributed by atoms with E-state index in [-0.39, 0.29) is 18.0 Å². The summed E-state index contributed by atoms with van der Waals surface area (Å²) in [4.78, 5) is 16.2. The maximum Gasteiger partial charge on any atom is 0.236 e. The third-order valence-corrected chi connectivity index (χ3v) is 3.05. The van der Waals surface area contributed by atoms with Crippen molar-refractivity contribution in [3.05, 3.63) is 30.1 Å². The largest absolute Gasteiger partial charge is 0.355 e. The van der Waals surface area contributed by atoms with Gasteiger partial charge in [-0.3, -0.25) is 15.1 Å². The summed E-state index contributed by atoms with van der Waals surface area (Å²) in [5, 5.41) is 6.21. The van der Waals surface area contributed by atoms with E-state index in [9.17, 15) is 4.79 Å². The van der Waals surface area contributed by atoms with E-state index in [1.54, 1.807) is 6.20 Å². The molecule has 106 valence electrons. The van der Waals surface area contributed by atoms with Gasteiger partial charge in [-0.15, -0.1) is 0 Å². The molecule has 1 amide bonds. The highest BCUT2D eigenvalue weighted by Gasteiger charge is 2.16. The Balaban J connectivity index is 2.37. The number of rotatable bonds is 7. The molecule has 4 nitrogen and oxygen atoms in total. The molecule has 2 N–H and O–H groups in total. The van der Waals surface area contributed by atoms with Crippen molar-refractivity contribution >= 4 is 5.91 Å². The molecular formula is C15H25N3O. The van der Waals surface area contributed by atoms with Crippen LogP contribution in [0.15, 0.2) is 24.4 Å². The molecule has 2 atom stereocenters. The van der Waals surface area contributed by atoms with Gasteiger partial charge in [-0.2, -0.15) is 0 Å². The second-order valence-electron chi connectivity index (χ2n) is 5.34. The Morgan fingerprint density at radius 1 is 1.26 bits per heavy atom. The second kappa shape index (κ2) is 7.89. The van der Waals surface area contributed by atoms with Gasteiger partial charge in [-0.05, 0) is 38.3 Å². The molecule has 1 unspecified atom stereocenters. The van der Waals surface area contributed by atoms with Crippen molar-refractivity contribution < 1.29 is 4.79 Å². The van der Waals surface area contributed by atoms with Crippen LogP contribution in [0.25, 0.3) is 0 Å². The van der Waals surface area contributed by atoms with E-state index in [2.05, 4.69) is 29.5 Å². The van der Waals surface area contributed by atoms with E-state index in [0.717, 1.165) is 18.7 Å². The molecule has 0 spiro atoms. The van der Waals surface area contributed by atoms with Crippen LogP contribution in [-0.4, -0.2) is 23.5 Å². The van der Waals surface area contributed by atoms with Crippen molar-refractivity contribution in [1.29, 1.82) is 0 Å². The molecule has 0 aromatic carbocycles. The first-order chi connectivity index (χ1) is 9.00. The number of hydrogen-bond donors (Lipinski definition) is 2.